The third-order valence-electron chi connectivity index (χ3n) is 4.42. The Balaban J connectivity index is 1.97. The van der Waals surface area contributed by atoms with Crippen LogP contribution in [0.5, 0.6) is 5.75 Å². The number of rotatable bonds is 4. The van der Waals surface area contributed by atoms with Crippen molar-refractivity contribution in [3.8, 4) is 28.3 Å². The molecule has 0 fully saturated rings. The van der Waals surface area contributed by atoms with Crippen LogP contribution in [0.3, 0.4) is 0 Å². The van der Waals surface area contributed by atoms with Gasteiger partial charge in [-0.05, 0) is 55.6 Å². The summed E-state index contributed by atoms with van der Waals surface area (Å²) in [5.74, 6) is 1.48. The van der Waals surface area contributed by atoms with Gasteiger partial charge in [0.15, 0.2) is 0 Å². The number of benzene rings is 2. The first-order valence-corrected chi connectivity index (χ1v) is 10.0. The number of hydrogen-bond acceptors (Lipinski definition) is 4. The highest BCUT2D eigenvalue weighted by molar-refractivity contribution is 7.98. The lowest BCUT2D eigenvalue weighted by molar-refractivity contribution is 0.415. The highest BCUT2D eigenvalue weighted by Crippen LogP contribution is 2.36. The molecule has 0 radical (unpaired) electrons. The molecule has 0 atom stereocenters. The molecule has 0 bridgehead atoms. The van der Waals surface area contributed by atoms with Crippen LogP contribution in [-0.4, -0.2) is 27.7 Å². The molecule has 0 aliphatic rings. The summed E-state index contributed by atoms with van der Waals surface area (Å²) in [5, 5.41) is 0.732. The fourth-order valence-corrected chi connectivity index (χ4v) is 3.93. The fraction of sp³-hybridized carbons (Fsp3) is 0.143. The Hall–Kier alpha value is -2.50. The summed E-state index contributed by atoms with van der Waals surface area (Å²) in [6, 6.07) is 16.0. The standard InChI is InChI=1S/C21H18ClN3OS/c1-13-10-11-25-20(15-6-9-18(27-3)17(22)12-15)19(24-21(25)23-13)14-4-7-16(26-2)8-5-14/h4-12H,1-3H3. The highest BCUT2D eigenvalue weighted by Gasteiger charge is 2.18. The molecular weight excluding hydrogens is 378 g/mol. The minimum Gasteiger partial charge on any atom is -0.497 e. The monoisotopic (exact) mass is 395 g/mol. The predicted molar refractivity (Wildman–Crippen MR) is 112 cm³/mol. The summed E-state index contributed by atoms with van der Waals surface area (Å²) < 4.78 is 7.29. The third-order valence-corrected chi connectivity index (χ3v) is 5.64. The van der Waals surface area contributed by atoms with Gasteiger partial charge in [-0.25, -0.2) is 9.97 Å². The topological polar surface area (TPSA) is 39.4 Å². The zero-order valence-electron chi connectivity index (χ0n) is 15.2. The van der Waals surface area contributed by atoms with Gasteiger partial charge in [-0.3, -0.25) is 4.40 Å². The van der Waals surface area contributed by atoms with Crippen LogP contribution in [0.15, 0.2) is 59.6 Å². The largest absolute Gasteiger partial charge is 0.497 e. The van der Waals surface area contributed by atoms with E-state index in [-0.39, 0.29) is 0 Å². The van der Waals surface area contributed by atoms with E-state index in [0.717, 1.165) is 43.9 Å². The molecule has 4 nitrogen and oxygen atoms in total. The van der Waals surface area contributed by atoms with Crippen molar-refractivity contribution >= 4 is 29.1 Å². The zero-order valence-corrected chi connectivity index (χ0v) is 16.8. The Bertz CT molecular complexity index is 1120. The van der Waals surface area contributed by atoms with Crippen LogP contribution < -0.4 is 4.74 Å². The molecule has 0 spiro atoms. The van der Waals surface area contributed by atoms with Crippen molar-refractivity contribution in [2.24, 2.45) is 0 Å². The first kappa shape index (κ1) is 17.9. The second-order valence-electron chi connectivity index (χ2n) is 6.13. The van der Waals surface area contributed by atoms with Crippen LogP contribution in [0.2, 0.25) is 5.02 Å². The molecule has 2 aromatic carbocycles. The second kappa shape index (κ2) is 7.25. The Morgan fingerprint density at radius 3 is 2.41 bits per heavy atom. The summed E-state index contributed by atoms with van der Waals surface area (Å²) in [6.45, 7) is 1.96. The van der Waals surface area contributed by atoms with Gasteiger partial charge in [-0.15, -0.1) is 11.8 Å². The third kappa shape index (κ3) is 3.29. The lowest BCUT2D eigenvalue weighted by Crippen LogP contribution is -1.93. The van der Waals surface area contributed by atoms with E-state index in [1.165, 1.54) is 0 Å². The quantitative estimate of drug-likeness (QED) is 0.412. The molecule has 0 amide bonds. The molecular formula is C21H18ClN3OS. The number of halogens is 1. The van der Waals surface area contributed by atoms with E-state index in [0.29, 0.717) is 5.78 Å². The minimum absolute atomic E-state index is 0.667. The number of aromatic nitrogens is 3. The van der Waals surface area contributed by atoms with Crippen LogP contribution in [0.1, 0.15) is 5.69 Å². The minimum atomic E-state index is 0.667. The Labute approximate surface area is 167 Å². The number of methoxy groups -OCH3 is 1. The molecule has 0 aliphatic heterocycles. The molecule has 2 aromatic heterocycles. The van der Waals surface area contributed by atoms with Crippen LogP contribution in [-0.2, 0) is 0 Å². The molecule has 27 heavy (non-hydrogen) atoms. The smallest absolute Gasteiger partial charge is 0.235 e. The zero-order chi connectivity index (χ0) is 19.0. The molecule has 0 aliphatic carbocycles. The average molecular weight is 396 g/mol. The van der Waals surface area contributed by atoms with Gasteiger partial charge in [0.2, 0.25) is 5.78 Å². The molecule has 0 saturated heterocycles. The van der Waals surface area contributed by atoms with Crippen LogP contribution in [0, 0.1) is 6.92 Å². The normalized spacial score (nSPS) is 11.1. The van der Waals surface area contributed by atoms with Crippen molar-refractivity contribution in [1.29, 1.82) is 0 Å². The molecule has 4 rings (SSSR count). The molecule has 136 valence electrons. The van der Waals surface area contributed by atoms with Crippen molar-refractivity contribution in [2.75, 3.05) is 13.4 Å². The molecule has 0 saturated carbocycles. The number of hydrogen-bond donors (Lipinski definition) is 0. The van der Waals surface area contributed by atoms with E-state index in [9.17, 15) is 0 Å². The number of nitrogens with zero attached hydrogens (tertiary/aromatic N) is 3. The maximum absolute atomic E-state index is 6.48. The maximum Gasteiger partial charge on any atom is 0.235 e. The van der Waals surface area contributed by atoms with E-state index in [2.05, 4.69) is 11.1 Å². The molecule has 2 heterocycles. The molecule has 4 aromatic rings. The van der Waals surface area contributed by atoms with Gasteiger partial charge in [0, 0.05) is 27.9 Å². The number of aryl methyl sites for hydroxylation is 1. The molecule has 6 heteroatoms. The van der Waals surface area contributed by atoms with Gasteiger partial charge in [-0.2, -0.15) is 0 Å². The first-order chi connectivity index (χ1) is 13.1. The SMILES string of the molecule is COc1ccc(-c2nc3nc(C)ccn3c2-c2ccc(SC)c(Cl)c2)cc1. The van der Waals surface area contributed by atoms with Gasteiger partial charge in [-0.1, -0.05) is 17.7 Å². The van der Waals surface area contributed by atoms with Crippen LogP contribution in [0.25, 0.3) is 28.3 Å². The van der Waals surface area contributed by atoms with E-state index in [1.807, 2.05) is 66.2 Å². The van der Waals surface area contributed by atoms with Crippen LogP contribution in [0.4, 0.5) is 0 Å². The Morgan fingerprint density at radius 1 is 1.00 bits per heavy atom. The summed E-state index contributed by atoms with van der Waals surface area (Å²) in [7, 11) is 1.66. The number of imidazole rings is 1. The second-order valence-corrected chi connectivity index (χ2v) is 7.38. The summed E-state index contributed by atoms with van der Waals surface area (Å²) >= 11 is 8.11. The van der Waals surface area contributed by atoms with Gasteiger partial charge in [0.05, 0.1) is 23.5 Å². The lowest BCUT2D eigenvalue weighted by Gasteiger charge is -2.09. The summed E-state index contributed by atoms with van der Waals surface area (Å²) in [5.41, 5.74) is 4.76. The average Bonchev–Trinajstić information content (AvgIpc) is 3.06. The van der Waals surface area contributed by atoms with Gasteiger partial charge < -0.3 is 4.74 Å². The number of fused-ring (bicyclic) bond motifs is 1. The lowest BCUT2D eigenvalue weighted by atomic mass is 10.0. The highest BCUT2D eigenvalue weighted by atomic mass is 35.5. The van der Waals surface area contributed by atoms with Gasteiger partial charge >= 0.3 is 0 Å². The Morgan fingerprint density at radius 2 is 1.74 bits per heavy atom. The number of ether oxygens (including phenoxy) is 1. The first-order valence-electron chi connectivity index (χ1n) is 8.44. The predicted octanol–water partition coefficient (Wildman–Crippen LogP) is 5.76. The van der Waals surface area contributed by atoms with Crippen molar-refractivity contribution < 1.29 is 4.74 Å². The summed E-state index contributed by atoms with van der Waals surface area (Å²) in [4.78, 5) is 10.4. The van der Waals surface area contributed by atoms with Crippen molar-refractivity contribution in [2.45, 2.75) is 11.8 Å². The van der Waals surface area contributed by atoms with Crippen molar-refractivity contribution in [1.82, 2.24) is 14.4 Å². The van der Waals surface area contributed by atoms with E-state index < -0.39 is 0 Å². The van der Waals surface area contributed by atoms with E-state index >= 15 is 0 Å². The summed E-state index contributed by atoms with van der Waals surface area (Å²) in [6.07, 6.45) is 4.02. The van der Waals surface area contributed by atoms with Gasteiger partial charge in [0.25, 0.3) is 0 Å². The van der Waals surface area contributed by atoms with Crippen molar-refractivity contribution in [3.63, 3.8) is 0 Å². The van der Waals surface area contributed by atoms with Gasteiger partial charge in [0.1, 0.15) is 5.75 Å². The fourth-order valence-electron chi connectivity index (χ4n) is 3.06. The van der Waals surface area contributed by atoms with Crippen molar-refractivity contribution in [3.05, 3.63) is 65.4 Å². The molecule has 0 unspecified atom stereocenters. The molecule has 0 N–H and O–H groups in total. The van der Waals surface area contributed by atoms with E-state index in [4.69, 9.17) is 21.3 Å². The van der Waals surface area contributed by atoms with E-state index in [1.54, 1.807) is 18.9 Å². The number of thioether (sulfide) groups is 1. The Kier molecular flexibility index (Phi) is 4.81. The van der Waals surface area contributed by atoms with Crippen LogP contribution >= 0.6 is 23.4 Å². The maximum atomic E-state index is 6.48.